The van der Waals surface area contributed by atoms with Crippen molar-refractivity contribution >= 4 is 49.3 Å². The van der Waals surface area contributed by atoms with Crippen LogP contribution in [0.15, 0.2) is 34.9 Å². The van der Waals surface area contributed by atoms with Crippen molar-refractivity contribution in [2.24, 2.45) is 0 Å². The van der Waals surface area contributed by atoms with Crippen LogP contribution in [0.3, 0.4) is 0 Å². The number of hydrogen-bond donors (Lipinski definition) is 0. The molecule has 0 unspecified atom stereocenters. The first-order valence-electron chi connectivity index (χ1n) is 3.47. The second-order valence-corrected chi connectivity index (χ2v) is 4.40. The van der Waals surface area contributed by atoms with Crippen molar-refractivity contribution in [3.05, 3.63) is 38.6 Å². The predicted molar refractivity (Wildman–Crippen MR) is 62.2 cm³/mol. The fourth-order valence-electron chi connectivity index (χ4n) is 1.11. The highest BCUT2D eigenvalue weighted by Crippen LogP contribution is 2.22. The van der Waals surface area contributed by atoms with Crippen LogP contribution in [0.25, 0.3) is 10.8 Å². The molecule has 0 atom stereocenters. The van der Waals surface area contributed by atoms with E-state index in [4.69, 9.17) is 0 Å². The molecule has 0 N–H and O–H groups in total. The van der Waals surface area contributed by atoms with Gasteiger partial charge in [0.1, 0.15) is 3.70 Å². The molecule has 0 spiro atoms. The van der Waals surface area contributed by atoms with E-state index in [1.807, 2.05) is 18.3 Å². The van der Waals surface area contributed by atoms with Gasteiger partial charge < -0.3 is 0 Å². The Labute approximate surface area is 92.5 Å². The van der Waals surface area contributed by atoms with Gasteiger partial charge in [-0.05, 0) is 46.2 Å². The number of rotatable bonds is 0. The average molecular weight is 334 g/mol. The summed E-state index contributed by atoms with van der Waals surface area (Å²) in [5.41, 5.74) is 0. The third-order valence-electron chi connectivity index (χ3n) is 1.68. The zero-order chi connectivity index (χ0) is 8.55. The number of pyridine rings is 1. The summed E-state index contributed by atoms with van der Waals surface area (Å²) in [7, 11) is 0. The summed E-state index contributed by atoms with van der Waals surface area (Å²) >= 11 is 5.68. The van der Waals surface area contributed by atoms with Crippen molar-refractivity contribution in [3.8, 4) is 0 Å². The largest absolute Gasteiger partial charge is 0.250 e. The standard InChI is InChI=1S/C9H5BrIN/c10-7-1-2-8-6(5-7)3-4-12-9(8)11/h1-5H. The topological polar surface area (TPSA) is 12.9 Å². The first-order chi connectivity index (χ1) is 5.77. The van der Waals surface area contributed by atoms with Crippen LogP contribution in [-0.4, -0.2) is 4.98 Å². The number of aromatic nitrogens is 1. The third-order valence-corrected chi connectivity index (χ3v) is 3.03. The summed E-state index contributed by atoms with van der Waals surface area (Å²) in [6.45, 7) is 0. The van der Waals surface area contributed by atoms with E-state index in [9.17, 15) is 0 Å². The normalized spacial score (nSPS) is 10.5. The minimum atomic E-state index is 1.05. The number of hydrogen-bond acceptors (Lipinski definition) is 1. The van der Waals surface area contributed by atoms with Crippen LogP contribution in [-0.2, 0) is 0 Å². The summed E-state index contributed by atoms with van der Waals surface area (Å²) in [5.74, 6) is 0. The number of halogens is 2. The van der Waals surface area contributed by atoms with Crippen molar-refractivity contribution in [1.82, 2.24) is 4.98 Å². The van der Waals surface area contributed by atoms with E-state index in [1.54, 1.807) is 0 Å². The van der Waals surface area contributed by atoms with E-state index in [-0.39, 0.29) is 0 Å². The molecule has 0 fully saturated rings. The second-order valence-electron chi connectivity index (χ2n) is 2.47. The van der Waals surface area contributed by atoms with Gasteiger partial charge in [-0.1, -0.05) is 22.0 Å². The molecule has 0 radical (unpaired) electrons. The van der Waals surface area contributed by atoms with Crippen molar-refractivity contribution in [2.75, 3.05) is 0 Å². The van der Waals surface area contributed by atoms with Crippen molar-refractivity contribution in [2.45, 2.75) is 0 Å². The van der Waals surface area contributed by atoms with Gasteiger partial charge in [0.05, 0.1) is 0 Å². The lowest BCUT2D eigenvalue weighted by molar-refractivity contribution is 1.31. The highest BCUT2D eigenvalue weighted by atomic mass is 127. The van der Waals surface area contributed by atoms with Gasteiger partial charge in [0, 0.05) is 16.1 Å². The molecule has 60 valence electrons. The Morgan fingerprint density at radius 1 is 1.25 bits per heavy atom. The van der Waals surface area contributed by atoms with Gasteiger partial charge in [0.15, 0.2) is 0 Å². The monoisotopic (exact) mass is 333 g/mol. The smallest absolute Gasteiger partial charge is 0.109 e. The second kappa shape index (κ2) is 3.30. The molecule has 1 heterocycles. The molecule has 0 aliphatic rings. The van der Waals surface area contributed by atoms with E-state index >= 15 is 0 Å². The minimum Gasteiger partial charge on any atom is -0.250 e. The zero-order valence-electron chi connectivity index (χ0n) is 6.09. The van der Waals surface area contributed by atoms with Crippen LogP contribution in [0, 0.1) is 3.70 Å². The van der Waals surface area contributed by atoms with E-state index in [1.165, 1.54) is 10.8 Å². The van der Waals surface area contributed by atoms with Crippen molar-refractivity contribution in [3.63, 3.8) is 0 Å². The molecule has 1 aromatic heterocycles. The van der Waals surface area contributed by atoms with Crippen LogP contribution in [0.4, 0.5) is 0 Å². The predicted octanol–water partition coefficient (Wildman–Crippen LogP) is 3.60. The minimum absolute atomic E-state index is 1.05. The lowest BCUT2D eigenvalue weighted by atomic mass is 10.2. The Hall–Kier alpha value is -0.160. The maximum absolute atomic E-state index is 4.21. The van der Waals surface area contributed by atoms with Gasteiger partial charge in [-0.2, -0.15) is 0 Å². The zero-order valence-corrected chi connectivity index (χ0v) is 9.83. The fourth-order valence-corrected chi connectivity index (χ4v) is 2.14. The average Bonchev–Trinajstić information content (AvgIpc) is 2.04. The summed E-state index contributed by atoms with van der Waals surface area (Å²) in [5, 5.41) is 2.44. The van der Waals surface area contributed by atoms with Gasteiger partial charge in [-0.15, -0.1) is 0 Å². The SMILES string of the molecule is Brc1ccc2c(I)nccc2c1. The molecule has 2 rings (SSSR count). The van der Waals surface area contributed by atoms with Gasteiger partial charge in [0.2, 0.25) is 0 Å². The molecule has 0 saturated heterocycles. The van der Waals surface area contributed by atoms with Gasteiger partial charge in [-0.3, -0.25) is 0 Å². The highest BCUT2D eigenvalue weighted by Gasteiger charge is 1.97. The maximum Gasteiger partial charge on any atom is 0.109 e. The molecular formula is C9H5BrIN. The number of nitrogens with zero attached hydrogens (tertiary/aromatic N) is 1. The summed E-state index contributed by atoms with van der Waals surface area (Å²) in [6, 6.07) is 8.22. The van der Waals surface area contributed by atoms with E-state index in [2.05, 4.69) is 55.6 Å². The first-order valence-corrected chi connectivity index (χ1v) is 5.34. The van der Waals surface area contributed by atoms with Gasteiger partial charge >= 0.3 is 0 Å². The molecule has 1 aromatic carbocycles. The van der Waals surface area contributed by atoms with Crippen molar-refractivity contribution < 1.29 is 0 Å². The van der Waals surface area contributed by atoms with Gasteiger partial charge in [0.25, 0.3) is 0 Å². The van der Waals surface area contributed by atoms with E-state index < -0.39 is 0 Å². The molecule has 3 heteroatoms. The number of fused-ring (bicyclic) bond motifs is 1. The molecule has 0 bridgehead atoms. The highest BCUT2D eigenvalue weighted by molar-refractivity contribution is 14.1. The molecular weight excluding hydrogens is 329 g/mol. The molecule has 1 nitrogen and oxygen atoms in total. The quantitative estimate of drug-likeness (QED) is 0.530. The van der Waals surface area contributed by atoms with Crippen molar-refractivity contribution in [1.29, 1.82) is 0 Å². The Morgan fingerprint density at radius 2 is 2.08 bits per heavy atom. The summed E-state index contributed by atoms with van der Waals surface area (Å²) in [6.07, 6.45) is 1.83. The van der Waals surface area contributed by atoms with Crippen LogP contribution in [0.2, 0.25) is 0 Å². The lowest BCUT2D eigenvalue weighted by Crippen LogP contribution is -1.81. The van der Waals surface area contributed by atoms with Gasteiger partial charge in [-0.25, -0.2) is 4.98 Å². The molecule has 2 aromatic rings. The Morgan fingerprint density at radius 3 is 2.92 bits per heavy atom. The molecule has 0 amide bonds. The van der Waals surface area contributed by atoms with Crippen LogP contribution < -0.4 is 0 Å². The van der Waals surface area contributed by atoms with E-state index in [0.717, 1.165) is 8.17 Å². The first kappa shape index (κ1) is 8.44. The van der Waals surface area contributed by atoms with Crippen LogP contribution in [0.5, 0.6) is 0 Å². The third kappa shape index (κ3) is 1.47. The van der Waals surface area contributed by atoms with Crippen LogP contribution >= 0.6 is 38.5 Å². The Balaban J connectivity index is 2.86. The molecule has 12 heavy (non-hydrogen) atoms. The molecule has 0 saturated carbocycles. The summed E-state index contributed by atoms with van der Waals surface area (Å²) < 4.78 is 2.16. The lowest BCUT2D eigenvalue weighted by Gasteiger charge is -1.99. The molecule has 0 aliphatic heterocycles. The Bertz CT molecular complexity index is 428. The summed E-state index contributed by atoms with van der Waals surface area (Å²) in [4.78, 5) is 4.21. The van der Waals surface area contributed by atoms with E-state index in [0.29, 0.717) is 0 Å². The molecule has 0 aliphatic carbocycles. The fraction of sp³-hybridized carbons (Fsp3) is 0. The number of benzene rings is 1. The maximum atomic E-state index is 4.21. The van der Waals surface area contributed by atoms with Crippen LogP contribution in [0.1, 0.15) is 0 Å². The Kier molecular flexibility index (Phi) is 2.32.